The van der Waals surface area contributed by atoms with Gasteiger partial charge in [-0.1, -0.05) is 30.3 Å². The summed E-state index contributed by atoms with van der Waals surface area (Å²) >= 11 is 0. The van der Waals surface area contributed by atoms with Crippen LogP contribution in [0.2, 0.25) is 0 Å². The molecule has 4 nitrogen and oxygen atoms in total. The van der Waals surface area contributed by atoms with Gasteiger partial charge in [-0.15, -0.1) is 0 Å². The molecule has 1 aromatic carbocycles. The molecule has 2 rings (SSSR count). The van der Waals surface area contributed by atoms with Crippen molar-refractivity contribution in [1.29, 1.82) is 0 Å². The molecule has 0 aliphatic heterocycles. The van der Waals surface area contributed by atoms with Crippen molar-refractivity contribution in [2.24, 2.45) is 0 Å². The topological polar surface area (TPSA) is 52.0 Å². The fourth-order valence-electron chi connectivity index (χ4n) is 1.59. The maximum absolute atomic E-state index is 12.6. The van der Waals surface area contributed by atoms with E-state index in [1.165, 1.54) is 0 Å². The second kappa shape index (κ2) is 5.26. The van der Waals surface area contributed by atoms with Gasteiger partial charge in [-0.3, -0.25) is 0 Å². The van der Waals surface area contributed by atoms with E-state index in [1.54, 1.807) is 30.3 Å². The highest BCUT2D eigenvalue weighted by Crippen LogP contribution is 2.23. The van der Waals surface area contributed by atoms with E-state index in [0.29, 0.717) is 0 Å². The quantitative estimate of drug-likeness (QED) is 0.816. The monoisotopic (exact) mass is 306 g/mol. The highest BCUT2D eigenvalue weighted by molar-refractivity contribution is 8.13. The van der Waals surface area contributed by atoms with Crippen LogP contribution in [-0.2, 0) is 15.6 Å². The zero-order chi connectivity index (χ0) is 14.0. The summed E-state index contributed by atoms with van der Waals surface area (Å²) in [5, 5.41) is 3.14. The molecule has 0 saturated carbocycles. The normalized spacial score (nSPS) is 12.0. The minimum Gasteiger partial charge on any atom is -0.248 e. The van der Waals surface area contributed by atoms with Gasteiger partial charge in [-0.25, -0.2) is 21.9 Å². The maximum atomic E-state index is 12.6. The van der Waals surface area contributed by atoms with Crippen molar-refractivity contribution in [3.63, 3.8) is 0 Å². The fourth-order valence-corrected chi connectivity index (χ4v) is 2.58. The Morgan fingerprint density at radius 3 is 2.42 bits per heavy atom. The number of aromatic nitrogens is 2. The Morgan fingerprint density at radius 1 is 1.26 bits per heavy atom. The van der Waals surface area contributed by atoms with E-state index in [4.69, 9.17) is 10.7 Å². The molecule has 0 fully saturated rings. The molecule has 102 valence electrons. The maximum Gasteiger partial charge on any atom is 0.282 e. The number of hydrogen-bond donors (Lipinski definition) is 0. The van der Waals surface area contributed by atoms with Crippen LogP contribution in [0.5, 0.6) is 0 Å². The van der Waals surface area contributed by atoms with E-state index in [2.05, 4.69) is 5.10 Å². The zero-order valence-corrected chi connectivity index (χ0v) is 11.1. The van der Waals surface area contributed by atoms with Gasteiger partial charge < -0.3 is 0 Å². The lowest BCUT2D eigenvalue weighted by Gasteiger charge is -2.04. The van der Waals surface area contributed by atoms with Crippen LogP contribution in [0.1, 0.15) is 17.7 Å². The molecule has 0 saturated heterocycles. The van der Waals surface area contributed by atoms with Gasteiger partial charge in [0.05, 0.1) is 6.54 Å². The molecule has 2 aromatic rings. The molecular weight excluding hydrogens is 298 g/mol. The fraction of sp³-hybridized carbons (Fsp3) is 0.182. The summed E-state index contributed by atoms with van der Waals surface area (Å²) in [5.74, 6) is 0. The second-order valence-electron chi connectivity index (χ2n) is 3.79. The number of rotatable bonds is 4. The third-order valence-electron chi connectivity index (χ3n) is 2.41. The van der Waals surface area contributed by atoms with Crippen molar-refractivity contribution in [1.82, 2.24) is 9.78 Å². The molecule has 19 heavy (non-hydrogen) atoms. The van der Waals surface area contributed by atoms with Gasteiger partial charge in [0.25, 0.3) is 15.5 Å². The highest BCUT2D eigenvalue weighted by atomic mass is 35.7. The highest BCUT2D eigenvalue weighted by Gasteiger charge is 2.23. The first kappa shape index (κ1) is 14.0. The Bertz CT molecular complexity index is 671. The summed E-state index contributed by atoms with van der Waals surface area (Å²) in [5.41, 5.74) is 0.114. The third kappa shape index (κ3) is 3.30. The predicted octanol–water partition coefficient (Wildman–Crippen LogP) is 2.80. The number of alkyl halides is 2. The second-order valence-corrected chi connectivity index (χ2v) is 6.30. The number of nitrogens with zero attached hydrogens (tertiary/aromatic N) is 2. The van der Waals surface area contributed by atoms with Gasteiger partial charge >= 0.3 is 0 Å². The van der Waals surface area contributed by atoms with E-state index in [0.717, 1.165) is 16.3 Å². The average molecular weight is 307 g/mol. The minimum atomic E-state index is -4.13. The van der Waals surface area contributed by atoms with E-state index in [9.17, 15) is 17.2 Å². The lowest BCUT2D eigenvalue weighted by atomic mass is 10.2. The summed E-state index contributed by atoms with van der Waals surface area (Å²) in [7, 11) is 1.09. The first-order valence-electron chi connectivity index (χ1n) is 5.22. The van der Waals surface area contributed by atoms with E-state index in [-0.39, 0.29) is 6.54 Å². The van der Waals surface area contributed by atoms with Crippen molar-refractivity contribution in [2.45, 2.75) is 18.0 Å². The van der Waals surface area contributed by atoms with Crippen LogP contribution in [0.25, 0.3) is 0 Å². The smallest absolute Gasteiger partial charge is 0.248 e. The van der Waals surface area contributed by atoms with Gasteiger partial charge in [0.2, 0.25) is 0 Å². The summed E-state index contributed by atoms with van der Waals surface area (Å²) in [6.45, 7) is 0.0504. The molecule has 0 aliphatic carbocycles. The lowest BCUT2D eigenvalue weighted by molar-refractivity contribution is 0.145. The summed E-state index contributed by atoms with van der Waals surface area (Å²) < 4.78 is 48.8. The first-order chi connectivity index (χ1) is 8.88. The van der Waals surface area contributed by atoms with Gasteiger partial charge in [0, 0.05) is 16.7 Å². The molecule has 0 bridgehead atoms. The van der Waals surface area contributed by atoms with Crippen molar-refractivity contribution in [2.75, 3.05) is 0 Å². The summed E-state index contributed by atoms with van der Waals surface area (Å²) in [6, 6.07) is 9.54. The zero-order valence-electron chi connectivity index (χ0n) is 9.50. The Labute approximate surface area is 113 Å². The minimum absolute atomic E-state index is 0.0504. The van der Waals surface area contributed by atoms with Gasteiger partial charge in [-0.05, 0) is 5.56 Å². The van der Waals surface area contributed by atoms with E-state index in [1.807, 2.05) is 0 Å². The van der Waals surface area contributed by atoms with Crippen LogP contribution in [0.3, 0.4) is 0 Å². The SMILES string of the molecule is O=S(=O)(Cl)c1cc(C(F)F)nn1Cc1ccccc1. The standard InChI is InChI=1S/C11H9ClF2N2O2S/c12-19(17,18)10-6-9(11(13)14)15-16(10)7-8-4-2-1-3-5-8/h1-6,11H,7H2. The van der Waals surface area contributed by atoms with Crippen molar-refractivity contribution in [3.05, 3.63) is 47.7 Å². The Balaban J connectivity index is 2.44. The molecule has 0 N–H and O–H groups in total. The number of benzene rings is 1. The molecule has 1 aromatic heterocycles. The summed E-state index contributed by atoms with van der Waals surface area (Å²) in [6.07, 6.45) is -2.85. The van der Waals surface area contributed by atoms with Crippen LogP contribution in [0.15, 0.2) is 41.4 Å². The van der Waals surface area contributed by atoms with Crippen LogP contribution in [0, 0.1) is 0 Å². The van der Waals surface area contributed by atoms with E-state index >= 15 is 0 Å². The largest absolute Gasteiger partial charge is 0.282 e. The molecule has 0 aliphatic rings. The third-order valence-corrected chi connectivity index (χ3v) is 3.71. The van der Waals surface area contributed by atoms with Crippen molar-refractivity contribution < 1.29 is 17.2 Å². The lowest BCUT2D eigenvalue weighted by Crippen LogP contribution is -2.08. The average Bonchev–Trinajstić information content (AvgIpc) is 2.74. The van der Waals surface area contributed by atoms with Gasteiger partial charge in [0.15, 0.2) is 5.03 Å². The van der Waals surface area contributed by atoms with Crippen LogP contribution in [0.4, 0.5) is 8.78 Å². The van der Waals surface area contributed by atoms with Crippen LogP contribution >= 0.6 is 10.7 Å². The Hall–Kier alpha value is -1.47. The predicted molar refractivity (Wildman–Crippen MR) is 65.8 cm³/mol. The van der Waals surface area contributed by atoms with Crippen molar-refractivity contribution in [3.8, 4) is 0 Å². The van der Waals surface area contributed by atoms with E-state index < -0.39 is 26.2 Å². The molecule has 0 radical (unpaired) electrons. The Morgan fingerprint density at radius 2 is 1.89 bits per heavy atom. The van der Waals surface area contributed by atoms with Gasteiger partial charge in [-0.2, -0.15) is 5.10 Å². The Kier molecular flexibility index (Phi) is 3.86. The number of hydrogen-bond acceptors (Lipinski definition) is 3. The van der Waals surface area contributed by atoms with Crippen LogP contribution < -0.4 is 0 Å². The molecule has 0 atom stereocenters. The summed E-state index contributed by atoms with van der Waals surface area (Å²) in [4.78, 5) is 0. The molecule has 1 heterocycles. The first-order valence-corrected chi connectivity index (χ1v) is 7.53. The molecule has 0 spiro atoms. The molecule has 8 heteroatoms. The van der Waals surface area contributed by atoms with Gasteiger partial charge in [0.1, 0.15) is 5.69 Å². The van der Waals surface area contributed by atoms with Crippen molar-refractivity contribution >= 4 is 19.7 Å². The molecule has 0 amide bonds. The molecular formula is C11H9ClF2N2O2S. The van der Waals surface area contributed by atoms with Crippen LogP contribution in [-0.4, -0.2) is 18.2 Å². The molecule has 0 unspecified atom stereocenters. The number of halogens is 3.